The quantitative estimate of drug-likeness (QED) is 0.801. The molecule has 0 N–H and O–H groups in total. The van der Waals surface area contributed by atoms with Crippen molar-refractivity contribution >= 4 is 11.8 Å². The van der Waals surface area contributed by atoms with Crippen molar-refractivity contribution in [2.45, 2.75) is 20.3 Å². The molecular weight excluding hydrogens is 256 g/mol. The van der Waals surface area contributed by atoms with Crippen LogP contribution in [0.5, 0.6) is 0 Å². The van der Waals surface area contributed by atoms with Crippen LogP contribution in [-0.4, -0.2) is 57.8 Å². The number of hydrogen-bond acceptors (Lipinski definition) is 4. The molecule has 0 unspecified atom stereocenters. The SMILES string of the molecule is CC(C)C(=O)N1CCCN(C(=O)c2cnccn2)CC1. The summed E-state index contributed by atoms with van der Waals surface area (Å²) in [4.78, 5) is 35.8. The van der Waals surface area contributed by atoms with Gasteiger partial charge in [0, 0.05) is 44.5 Å². The molecule has 20 heavy (non-hydrogen) atoms. The molecule has 6 heteroatoms. The fourth-order valence-electron chi connectivity index (χ4n) is 2.28. The van der Waals surface area contributed by atoms with Crippen LogP contribution < -0.4 is 0 Å². The number of aromatic nitrogens is 2. The van der Waals surface area contributed by atoms with Crippen molar-refractivity contribution in [3.8, 4) is 0 Å². The maximum Gasteiger partial charge on any atom is 0.274 e. The lowest BCUT2D eigenvalue weighted by Gasteiger charge is -2.23. The van der Waals surface area contributed by atoms with Crippen molar-refractivity contribution in [2.24, 2.45) is 5.92 Å². The van der Waals surface area contributed by atoms with Crippen LogP contribution in [0, 0.1) is 5.92 Å². The van der Waals surface area contributed by atoms with Crippen LogP contribution in [0.2, 0.25) is 0 Å². The van der Waals surface area contributed by atoms with Crippen molar-refractivity contribution in [3.05, 3.63) is 24.3 Å². The van der Waals surface area contributed by atoms with Gasteiger partial charge in [-0.3, -0.25) is 14.6 Å². The molecule has 1 aromatic rings. The Morgan fingerprint density at radius 2 is 1.80 bits per heavy atom. The van der Waals surface area contributed by atoms with Crippen molar-refractivity contribution in [3.63, 3.8) is 0 Å². The largest absolute Gasteiger partial charge is 0.341 e. The average Bonchev–Trinajstić information content (AvgIpc) is 2.72. The lowest BCUT2D eigenvalue weighted by Crippen LogP contribution is -2.39. The summed E-state index contributed by atoms with van der Waals surface area (Å²) in [6.45, 7) is 6.29. The molecule has 1 saturated heterocycles. The van der Waals surface area contributed by atoms with Gasteiger partial charge >= 0.3 is 0 Å². The summed E-state index contributed by atoms with van der Waals surface area (Å²) < 4.78 is 0. The fraction of sp³-hybridized carbons (Fsp3) is 0.571. The predicted octanol–water partition coefficient (Wildman–Crippen LogP) is 0.807. The first-order chi connectivity index (χ1) is 9.59. The Balaban J connectivity index is 1.99. The van der Waals surface area contributed by atoms with Crippen LogP contribution in [0.1, 0.15) is 30.8 Å². The molecule has 2 rings (SSSR count). The Kier molecular flexibility index (Phi) is 4.65. The van der Waals surface area contributed by atoms with E-state index in [1.165, 1.54) is 12.4 Å². The highest BCUT2D eigenvalue weighted by Gasteiger charge is 2.24. The van der Waals surface area contributed by atoms with Crippen molar-refractivity contribution in [1.29, 1.82) is 0 Å². The summed E-state index contributed by atoms with van der Waals surface area (Å²) in [5.74, 6) is 0.0352. The highest BCUT2D eigenvalue weighted by Crippen LogP contribution is 2.10. The van der Waals surface area contributed by atoms with Crippen LogP contribution in [-0.2, 0) is 4.79 Å². The van der Waals surface area contributed by atoms with Crippen molar-refractivity contribution < 1.29 is 9.59 Å². The molecule has 0 saturated carbocycles. The maximum atomic E-state index is 12.3. The standard InChI is InChI=1S/C14H20N4O2/c1-11(2)13(19)17-6-3-7-18(9-8-17)14(20)12-10-15-4-5-16-12/h4-5,10-11H,3,6-9H2,1-2H3. The first-order valence-corrected chi connectivity index (χ1v) is 6.93. The smallest absolute Gasteiger partial charge is 0.274 e. The second kappa shape index (κ2) is 6.45. The Labute approximate surface area is 118 Å². The number of nitrogens with zero attached hydrogens (tertiary/aromatic N) is 4. The van der Waals surface area contributed by atoms with Gasteiger partial charge in [0.15, 0.2) is 0 Å². The minimum atomic E-state index is -0.114. The number of carbonyl (C=O) groups excluding carboxylic acids is 2. The summed E-state index contributed by atoms with van der Waals surface area (Å²) in [6, 6.07) is 0. The summed E-state index contributed by atoms with van der Waals surface area (Å²) >= 11 is 0. The van der Waals surface area contributed by atoms with E-state index in [1.54, 1.807) is 11.1 Å². The minimum absolute atomic E-state index is 0.00255. The monoisotopic (exact) mass is 276 g/mol. The van der Waals surface area contributed by atoms with Crippen molar-refractivity contribution in [1.82, 2.24) is 19.8 Å². The first-order valence-electron chi connectivity index (χ1n) is 6.93. The van der Waals surface area contributed by atoms with Gasteiger partial charge in [-0.25, -0.2) is 4.98 Å². The average molecular weight is 276 g/mol. The van der Waals surface area contributed by atoms with E-state index in [0.29, 0.717) is 31.9 Å². The summed E-state index contributed by atoms with van der Waals surface area (Å²) in [5, 5.41) is 0. The molecule has 6 nitrogen and oxygen atoms in total. The van der Waals surface area contributed by atoms with Gasteiger partial charge in [0.05, 0.1) is 6.20 Å². The van der Waals surface area contributed by atoms with Crippen molar-refractivity contribution in [2.75, 3.05) is 26.2 Å². The second-order valence-electron chi connectivity index (χ2n) is 5.22. The topological polar surface area (TPSA) is 66.4 Å². The summed E-state index contributed by atoms with van der Waals surface area (Å²) in [5.41, 5.74) is 0.358. The van der Waals surface area contributed by atoms with E-state index >= 15 is 0 Å². The highest BCUT2D eigenvalue weighted by molar-refractivity contribution is 5.92. The molecule has 1 aliphatic rings. The van der Waals surface area contributed by atoms with Crippen LogP contribution in [0.4, 0.5) is 0 Å². The van der Waals surface area contributed by atoms with Gasteiger partial charge in [-0.2, -0.15) is 0 Å². The molecule has 1 aliphatic heterocycles. The van der Waals surface area contributed by atoms with E-state index in [-0.39, 0.29) is 17.7 Å². The van der Waals surface area contributed by atoms with E-state index in [0.717, 1.165) is 6.42 Å². The summed E-state index contributed by atoms with van der Waals surface area (Å²) in [7, 11) is 0. The first kappa shape index (κ1) is 14.4. The lowest BCUT2D eigenvalue weighted by molar-refractivity contribution is -0.134. The Morgan fingerprint density at radius 3 is 2.45 bits per heavy atom. The molecule has 0 bridgehead atoms. The van der Waals surface area contributed by atoms with Gasteiger partial charge in [0.1, 0.15) is 5.69 Å². The van der Waals surface area contributed by atoms with Gasteiger partial charge in [-0.15, -0.1) is 0 Å². The number of rotatable bonds is 2. The second-order valence-corrected chi connectivity index (χ2v) is 5.22. The lowest BCUT2D eigenvalue weighted by atomic mass is 10.2. The van der Waals surface area contributed by atoms with Gasteiger partial charge in [0.2, 0.25) is 5.91 Å². The maximum absolute atomic E-state index is 12.3. The Morgan fingerprint density at radius 1 is 1.10 bits per heavy atom. The van der Waals surface area contributed by atoms with Crippen LogP contribution in [0.25, 0.3) is 0 Å². The molecule has 0 aliphatic carbocycles. The molecule has 0 aromatic carbocycles. The fourth-order valence-corrected chi connectivity index (χ4v) is 2.28. The molecule has 1 aromatic heterocycles. The van der Waals surface area contributed by atoms with Gasteiger partial charge in [-0.1, -0.05) is 13.8 Å². The minimum Gasteiger partial charge on any atom is -0.341 e. The van der Waals surface area contributed by atoms with Crippen LogP contribution >= 0.6 is 0 Å². The zero-order valence-electron chi connectivity index (χ0n) is 12.0. The molecule has 0 radical (unpaired) electrons. The third-order valence-corrected chi connectivity index (χ3v) is 3.37. The van der Waals surface area contributed by atoms with Gasteiger partial charge < -0.3 is 9.80 Å². The third kappa shape index (κ3) is 3.31. The molecule has 2 amide bonds. The molecule has 0 spiro atoms. The normalized spacial score (nSPS) is 16.1. The predicted molar refractivity (Wildman–Crippen MR) is 74.0 cm³/mol. The molecule has 2 heterocycles. The van der Waals surface area contributed by atoms with Crippen LogP contribution in [0.15, 0.2) is 18.6 Å². The number of amides is 2. The van der Waals surface area contributed by atoms with E-state index in [4.69, 9.17) is 0 Å². The molecular formula is C14H20N4O2. The zero-order valence-corrected chi connectivity index (χ0v) is 12.0. The van der Waals surface area contributed by atoms with Crippen LogP contribution in [0.3, 0.4) is 0 Å². The Bertz CT molecular complexity index is 475. The highest BCUT2D eigenvalue weighted by atomic mass is 16.2. The molecule has 1 fully saturated rings. The molecule has 0 atom stereocenters. The summed E-state index contributed by atoms with van der Waals surface area (Å²) in [6.07, 6.45) is 5.33. The number of hydrogen-bond donors (Lipinski definition) is 0. The Hall–Kier alpha value is -1.98. The van der Waals surface area contributed by atoms with E-state index in [9.17, 15) is 9.59 Å². The van der Waals surface area contributed by atoms with E-state index in [1.807, 2.05) is 18.7 Å². The molecule has 108 valence electrons. The van der Waals surface area contributed by atoms with E-state index in [2.05, 4.69) is 9.97 Å². The van der Waals surface area contributed by atoms with E-state index < -0.39 is 0 Å². The zero-order chi connectivity index (χ0) is 14.5. The third-order valence-electron chi connectivity index (χ3n) is 3.37. The van der Waals surface area contributed by atoms with Gasteiger partial charge in [0.25, 0.3) is 5.91 Å². The van der Waals surface area contributed by atoms with Gasteiger partial charge in [-0.05, 0) is 6.42 Å². The number of carbonyl (C=O) groups is 2.